The van der Waals surface area contributed by atoms with Crippen LogP contribution in [-0.2, 0) is 14.3 Å². The molecule has 1 saturated heterocycles. The van der Waals surface area contributed by atoms with E-state index < -0.39 is 17.7 Å². The Bertz CT molecular complexity index is 1040. The van der Waals surface area contributed by atoms with Crippen molar-refractivity contribution in [3.63, 3.8) is 0 Å². The number of ketones is 1. The summed E-state index contributed by atoms with van der Waals surface area (Å²) in [6.07, 6.45) is 0. The lowest BCUT2D eigenvalue weighted by molar-refractivity contribution is -0.140. The Labute approximate surface area is 180 Å². The Morgan fingerprint density at radius 1 is 1.06 bits per heavy atom. The molecular weight excluding hydrogens is 402 g/mol. The molecule has 3 rings (SSSR count). The Kier molecular flexibility index (Phi) is 6.50. The lowest BCUT2D eigenvalue weighted by Crippen LogP contribution is -2.32. The average Bonchev–Trinajstić information content (AvgIpc) is 3.02. The third-order valence-electron chi connectivity index (χ3n) is 5.28. The molecule has 1 fully saturated rings. The fourth-order valence-electron chi connectivity index (χ4n) is 3.69. The van der Waals surface area contributed by atoms with Crippen LogP contribution in [0.25, 0.3) is 5.76 Å². The lowest BCUT2D eigenvalue weighted by atomic mass is 9.93. The van der Waals surface area contributed by atoms with Gasteiger partial charge >= 0.3 is 0 Å². The maximum atomic E-state index is 13.0. The van der Waals surface area contributed by atoms with E-state index in [-0.39, 0.29) is 36.0 Å². The quantitative estimate of drug-likeness (QED) is 0.398. The van der Waals surface area contributed by atoms with Crippen LogP contribution >= 0.6 is 0 Å². The number of nitrogens with zero attached hydrogens (tertiary/aromatic N) is 1. The van der Waals surface area contributed by atoms with Gasteiger partial charge in [0.25, 0.3) is 11.7 Å². The van der Waals surface area contributed by atoms with E-state index >= 15 is 0 Å². The number of phenolic OH excluding ortho intramolecular Hbond substituents is 1. The van der Waals surface area contributed by atoms with Crippen LogP contribution in [0.5, 0.6) is 17.2 Å². The van der Waals surface area contributed by atoms with Crippen molar-refractivity contribution in [2.24, 2.45) is 0 Å². The van der Waals surface area contributed by atoms with Crippen molar-refractivity contribution in [1.29, 1.82) is 0 Å². The van der Waals surface area contributed by atoms with Gasteiger partial charge in [0.15, 0.2) is 11.5 Å². The molecular formula is C23H25NO7. The molecule has 1 aliphatic rings. The number of carbonyl (C=O) groups excluding carboxylic acids is 2. The first kappa shape index (κ1) is 22.2. The fourth-order valence-corrected chi connectivity index (χ4v) is 3.69. The summed E-state index contributed by atoms with van der Waals surface area (Å²) in [5, 5.41) is 21.1. The van der Waals surface area contributed by atoms with Gasteiger partial charge < -0.3 is 29.3 Å². The van der Waals surface area contributed by atoms with Crippen LogP contribution in [0.1, 0.15) is 22.7 Å². The molecule has 1 amide bonds. The highest BCUT2D eigenvalue weighted by atomic mass is 16.5. The number of aliphatic hydroxyl groups excluding tert-OH is 1. The van der Waals surface area contributed by atoms with Crippen LogP contribution in [-0.4, -0.2) is 61.3 Å². The zero-order valence-corrected chi connectivity index (χ0v) is 17.8. The molecule has 0 unspecified atom stereocenters. The first-order chi connectivity index (χ1) is 14.8. The summed E-state index contributed by atoms with van der Waals surface area (Å²) in [5.41, 5.74) is 1.57. The van der Waals surface area contributed by atoms with Gasteiger partial charge in [0.05, 0.1) is 32.4 Å². The van der Waals surface area contributed by atoms with Crippen LogP contribution in [0.4, 0.5) is 0 Å². The molecule has 0 saturated carbocycles. The topological polar surface area (TPSA) is 106 Å². The number of phenols is 1. The van der Waals surface area contributed by atoms with E-state index in [2.05, 4.69) is 0 Å². The number of likely N-dealkylation sites (tertiary alicyclic amines) is 1. The van der Waals surface area contributed by atoms with Gasteiger partial charge in [-0.3, -0.25) is 9.59 Å². The number of hydrogen-bond donors (Lipinski definition) is 2. The summed E-state index contributed by atoms with van der Waals surface area (Å²) in [7, 11) is 4.44. The molecule has 31 heavy (non-hydrogen) atoms. The molecule has 0 spiro atoms. The SMILES string of the molecule is COCCN1C(=O)C(=O)C(=C(O)c2ccc(OC)cc2C)[C@H]1c1ccc(O)c(OC)c1. The van der Waals surface area contributed by atoms with Crippen molar-refractivity contribution >= 4 is 17.4 Å². The van der Waals surface area contributed by atoms with E-state index in [4.69, 9.17) is 14.2 Å². The first-order valence-electron chi connectivity index (χ1n) is 9.63. The fraction of sp³-hybridized carbons (Fsp3) is 0.304. The van der Waals surface area contributed by atoms with Crippen LogP contribution in [0.3, 0.4) is 0 Å². The molecule has 1 atom stereocenters. The van der Waals surface area contributed by atoms with Crippen molar-refractivity contribution in [3.8, 4) is 17.2 Å². The largest absolute Gasteiger partial charge is 0.507 e. The number of benzene rings is 2. The summed E-state index contributed by atoms with van der Waals surface area (Å²) >= 11 is 0. The number of ether oxygens (including phenoxy) is 3. The van der Waals surface area contributed by atoms with Gasteiger partial charge in [-0.25, -0.2) is 0 Å². The zero-order valence-electron chi connectivity index (χ0n) is 17.8. The van der Waals surface area contributed by atoms with Gasteiger partial charge in [0.1, 0.15) is 11.5 Å². The maximum Gasteiger partial charge on any atom is 0.295 e. The van der Waals surface area contributed by atoms with Crippen LogP contribution in [0.15, 0.2) is 42.0 Å². The number of aromatic hydroxyl groups is 1. The van der Waals surface area contributed by atoms with E-state index in [1.165, 1.54) is 32.3 Å². The molecule has 8 nitrogen and oxygen atoms in total. The van der Waals surface area contributed by atoms with Crippen molar-refractivity contribution in [2.75, 3.05) is 34.5 Å². The predicted octanol–water partition coefficient (Wildman–Crippen LogP) is 2.79. The summed E-state index contributed by atoms with van der Waals surface area (Å²) < 4.78 is 15.5. The molecule has 1 aliphatic heterocycles. The summed E-state index contributed by atoms with van der Waals surface area (Å²) in [4.78, 5) is 27.2. The van der Waals surface area contributed by atoms with Gasteiger partial charge in [0.2, 0.25) is 0 Å². The Morgan fingerprint density at radius 3 is 2.42 bits per heavy atom. The highest BCUT2D eigenvalue weighted by Crippen LogP contribution is 2.42. The highest BCUT2D eigenvalue weighted by Gasteiger charge is 2.46. The molecule has 164 valence electrons. The highest BCUT2D eigenvalue weighted by molar-refractivity contribution is 6.46. The first-order valence-corrected chi connectivity index (χ1v) is 9.63. The standard InChI is InChI=1S/C23H25NO7/c1-13-11-15(30-3)6-7-16(13)21(26)19-20(14-5-8-17(25)18(12-14)31-4)24(9-10-29-2)23(28)22(19)27/h5-8,11-12,20,25-26H,9-10H2,1-4H3/t20-/m1/s1. The van der Waals surface area contributed by atoms with Gasteiger partial charge in [-0.05, 0) is 48.4 Å². The second kappa shape index (κ2) is 9.09. The Hall–Kier alpha value is -3.52. The molecule has 1 heterocycles. The van der Waals surface area contributed by atoms with Gasteiger partial charge in [-0.1, -0.05) is 6.07 Å². The predicted molar refractivity (Wildman–Crippen MR) is 113 cm³/mol. The van der Waals surface area contributed by atoms with E-state index in [0.717, 1.165) is 0 Å². The second-order valence-corrected chi connectivity index (χ2v) is 7.10. The van der Waals surface area contributed by atoms with Crippen molar-refractivity contribution in [2.45, 2.75) is 13.0 Å². The smallest absolute Gasteiger partial charge is 0.295 e. The average molecular weight is 427 g/mol. The number of rotatable bonds is 7. The molecule has 0 aromatic heterocycles. The van der Waals surface area contributed by atoms with E-state index in [9.17, 15) is 19.8 Å². The minimum atomic E-state index is -0.869. The zero-order chi connectivity index (χ0) is 22.7. The molecule has 0 bridgehead atoms. The Morgan fingerprint density at radius 2 is 1.81 bits per heavy atom. The Balaban J connectivity index is 2.21. The molecule has 0 aliphatic carbocycles. The summed E-state index contributed by atoms with van der Waals surface area (Å²) in [6, 6.07) is 8.72. The maximum absolute atomic E-state index is 13.0. The monoisotopic (exact) mass is 427 g/mol. The third-order valence-corrected chi connectivity index (χ3v) is 5.28. The van der Waals surface area contributed by atoms with Gasteiger partial charge in [-0.2, -0.15) is 0 Å². The normalized spacial score (nSPS) is 17.8. The molecule has 0 radical (unpaired) electrons. The van der Waals surface area contributed by atoms with E-state index in [0.29, 0.717) is 22.4 Å². The van der Waals surface area contributed by atoms with Crippen molar-refractivity contribution in [1.82, 2.24) is 4.90 Å². The molecule has 2 N–H and O–H groups in total. The summed E-state index contributed by atoms with van der Waals surface area (Å²) in [6.45, 7) is 2.13. The second-order valence-electron chi connectivity index (χ2n) is 7.10. The number of hydrogen-bond acceptors (Lipinski definition) is 7. The molecule has 8 heteroatoms. The van der Waals surface area contributed by atoms with Crippen LogP contribution in [0.2, 0.25) is 0 Å². The summed E-state index contributed by atoms with van der Waals surface area (Å²) in [5.74, 6) is -1.09. The molecule has 2 aromatic rings. The number of amides is 1. The number of methoxy groups -OCH3 is 3. The third kappa shape index (κ3) is 4.06. The minimum absolute atomic E-state index is 0.0397. The number of aryl methyl sites for hydroxylation is 1. The minimum Gasteiger partial charge on any atom is -0.507 e. The van der Waals surface area contributed by atoms with Gasteiger partial charge in [0, 0.05) is 19.2 Å². The van der Waals surface area contributed by atoms with Crippen LogP contribution < -0.4 is 9.47 Å². The van der Waals surface area contributed by atoms with Crippen molar-refractivity contribution in [3.05, 3.63) is 58.7 Å². The number of aliphatic hydroxyl groups is 1. The number of carbonyl (C=O) groups is 2. The lowest BCUT2D eigenvalue weighted by Gasteiger charge is -2.25. The van der Waals surface area contributed by atoms with Gasteiger partial charge in [-0.15, -0.1) is 0 Å². The van der Waals surface area contributed by atoms with E-state index in [1.807, 2.05) is 0 Å². The van der Waals surface area contributed by atoms with Crippen LogP contribution in [0, 0.1) is 6.92 Å². The van der Waals surface area contributed by atoms with E-state index in [1.54, 1.807) is 37.3 Å². The number of Topliss-reactive ketones (excluding diaryl/α,β-unsaturated/α-hetero) is 1. The van der Waals surface area contributed by atoms with Crippen molar-refractivity contribution < 1.29 is 34.0 Å². The molecule has 2 aromatic carbocycles.